The maximum absolute atomic E-state index is 12.9. The first-order valence-corrected chi connectivity index (χ1v) is 10.4. The molecular weight excluding hydrogens is 356 g/mol. The summed E-state index contributed by atoms with van der Waals surface area (Å²) in [5, 5.41) is 2.76. The Balaban J connectivity index is 1.71. The number of rotatable bonds is 7. The number of nitrogens with zero attached hydrogens (tertiary/aromatic N) is 1. The molecule has 1 aromatic rings. The molecule has 2 aliphatic rings. The largest absolute Gasteiger partial charge is 0.379 e. The highest BCUT2D eigenvalue weighted by atomic mass is 32.2. The van der Waals surface area contributed by atoms with Gasteiger partial charge in [0, 0.05) is 18.8 Å². The number of anilines is 1. The lowest BCUT2D eigenvalue weighted by atomic mass is 10.2. The van der Waals surface area contributed by atoms with Gasteiger partial charge in [-0.3, -0.25) is 4.79 Å². The van der Waals surface area contributed by atoms with E-state index in [1.165, 1.54) is 10.4 Å². The molecular formula is C18H26N2O5S. The fourth-order valence-electron chi connectivity index (χ4n) is 2.77. The maximum Gasteiger partial charge on any atom is 0.253 e. The van der Waals surface area contributed by atoms with E-state index in [9.17, 15) is 13.2 Å². The van der Waals surface area contributed by atoms with Crippen molar-refractivity contribution < 1.29 is 22.7 Å². The lowest BCUT2D eigenvalue weighted by molar-refractivity contribution is -0.126. The van der Waals surface area contributed by atoms with Crippen LogP contribution in [0.4, 0.5) is 5.69 Å². The minimum absolute atomic E-state index is 0.212. The standard InChI is InChI=1S/C18H26N2O5S/c1-13-3-6-16(19-18(21)14(2)25-12-15-4-5-15)11-17(13)26(22,23)20-7-9-24-10-8-20/h3,6,11,14-15H,4-5,7-10,12H2,1-2H3,(H,19,21). The van der Waals surface area contributed by atoms with E-state index in [1.807, 2.05) is 0 Å². The van der Waals surface area contributed by atoms with Gasteiger partial charge in [-0.1, -0.05) is 6.07 Å². The Morgan fingerprint density at radius 3 is 2.69 bits per heavy atom. The first-order valence-electron chi connectivity index (χ1n) is 8.99. The molecule has 26 heavy (non-hydrogen) atoms. The molecule has 1 aliphatic heterocycles. The third kappa shape index (κ3) is 4.62. The molecule has 3 rings (SSSR count). The topological polar surface area (TPSA) is 84.9 Å². The molecule has 0 bridgehead atoms. The van der Waals surface area contributed by atoms with E-state index in [-0.39, 0.29) is 10.8 Å². The number of amides is 1. The highest BCUT2D eigenvalue weighted by Crippen LogP contribution is 2.29. The fraction of sp³-hybridized carbons (Fsp3) is 0.611. The molecule has 1 aromatic carbocycles. The molecule has 1 unspecified atom stereocenters. The van der Waals surface area contributed by atoms with Gasteiger partial charge in [-0.25, -0.2) is 8.42 Å². The number of carbonyl (C=O) groups is 1. The molecule has 0 radical (unpaired) electrons. The Labute approximate surface area is 154 Å². The summed E-state index contributed by atoms with van der Waals surface area (Å²) in [5.74, 6) is 0.305. The number of ether oxygens (including phenoxy) is 2. The molecule has 144 valence electrons. The van der Waals surface area contributed by atoms with Crippen LogP contribution in [0, 0.1) is 12.8 Å². The van der Waals surface area contributed by atoms with Crippen LogP contribution in [-0.4, -0.2) is 57.6 Å². The normalized spacial score (nSPS) is 19.9. The second kappa shape index (κ2) is 8.04. The first kappa shape index (κ1) is 19.3. The minimum atomic E-state index is -3.61. The van der Waals surface area contributed by atoms with Crippen LogP contribution in [-0.2, 0) is 24.3 Å². The lowest BCUT2D eigenvalue weighted by Crippen LogP contribution is -2.40. The monoisotopic (exact) mass is 382 g/mol. The van der Waals surface area contributed by atoms with Gasteiger partial charge >= 0.3 is 0 Å². The van der Waals surface area contributed by atoms with Gasteiger partial charge in [-0.05, 0) is 50.3 Å². The summed E-state index contributed by atoms with van der Waals surface area (Å²) in [4.78, 5) is 12.5. The van der Waals surface area contributed by atoms with Gasteiger partial charge in [0.15, 0.2) is 0 Å². The Morgan fingerprint density at radius 1 is 1.35 bits per heavy atom. The highest BCUT2D eigenvalue weighted by Gasteiger charge is 2.28. The van der Waals surface area contributed by atoms with Gasteiger partial charge in [-0.2, -0.15) is 4.31 Å². The quantitative estimate of drug-likeness (QED) is 0.777. The van der Waals surface area contributed by atoms with Crippen LogP contribution >= 0.6 is 0 Å². The summed E-state index contributed by atoms with van der Waals surface area (Å²) < 4.78 is 38.0. The zero-order valence-corrected chi connectivity index (χ0v) is 16.0. The van der Waals surface area contributed by atoms with Crippen LogP contribution in [0.1, 0.15) is 25.3 Å². The van der Waals surface area contributed by atoms with Crippen molar-refractivity contribution in [2.24, 2.45) is 5.92 Å². The second-order valence-corrected chi connectivity index (χ2v) is 8.81. The molecule has 1 heterocycles. The number of sulfonamides is 1. The molecule has 1 saturated carbocycles. The van der Waals surface area contributed by atoms with Gasteiger partial charge in [-0.15, -0.1) is 0 Å². The van der Waals surface area contributed by atoms with E-state index in [1.54, 1.807) is 26.0 Å². The lowest BCUT2D eigenvalue weighted by Gasteiger charge is -2.27. The molecule has 2 fully saturated rings. The van der Waals surface area contributed by atoms with Crippen LogP contribution in [0.5, 0.6) is 0 Å². The van der Waals surface area contributed by atoms with Crippen molar-refractivity contribution in [3.63, 3.8) is 0 Å². The van der Waals surface area contributed by atoms with Crippen molar-refractivity contribution in [2.45, 2.75) is 37.7 Å². The number of nitrogens with one attached hydrogen (secondary N) is 1. The number of hydrogen-bond donors (Lipinski definition) is 1. The van der Waals surface area contributed by atoms with Crippen molar-refractivity contribution in [2.75, 3.05) is 38.2 Å². The average Bonchev–Trinajstić information content (AvgIpc) is 3.46. The van der Waals surface area contributed by atoms with Gasteiger partial charge in [0.25, 0.3) is 5.91 Å². The van der Waals surface area contributed by atoms with Crippen LogP contribution in [0.3, 0.4) is 0 Å². The third-order valence-corrected chi connectivity index (χ3v) is 6.73. The summed E-state index contributed by atoms with van der Waals surface area (Å²) in [6, 6.07) is 4.93. The molecule has 1 aliphatic carbocycles. The van der Waals surface area contributed by atoms with Crippen molar-refractivity contribution in [3.8, 4) is 0 Å². The maximum atomic E-state index is 12.9. The number of aryl methyl sites for hydroxylation is 1. The molecule has 0 spiro atoms. The van der Waals surface area contributed by atoms with E-state index in [0.717, 1.165) is 12.8 Å². The number of benzene rings is 1. The Morgan fingerprint density at radius 2 is 2.04 bits per heavy atom. The summed E-state index contributed by atoms with van der Waals surface area (Å²) in [6.45, 7) is 5.51. The van der Waals surface area contributed by atoms with Gasteiger partial charge < -0.3 is 14.8 Å². The molecule has 7 nitrogen and oxygen atoms in total. The Hall–Kier alpha value is -1.48. The van der Waals surface area contributed by atoms with Crippen molar-refractivity contribution in [1.29, 1.82) is 0 Å². The zero-order chi connectivity index (χ0) is 18.7. The van der Waals surface area contributed by atoms with Gasteiger partial charge in [0.2, 0.25) is 10.0 Å². The third-order valence-electron chi connectivity index (χ3n) is 4.69. The Kier molecular flexibility index (Phi) is 5.96. The number of carbonyl (C=O) groups excluding carboxylic acids is 1. The molecule has 1 amide bonds. The molecule has 1 saturated heterocycles. The predicted octanol–water partition coefficient (Wildman–Crippen LogP) is 1.77. The SMILES string of the molecule is Cc1ccc(NC(=O)C(C)OCC2CC2)cc1S(=O)(=O)N1CCOCC1. The first-order chi connectivity index (χ1) is 12.4. The van der Waals surface area contributed by atoms with E-state index in [2.05, 4.69) is 5.32 Å². The van der Waals surface area contributed by atoms with Crippen molar-refractivity contribution in [1.82, 2.24) is 4.31 Å². The summed E-state index contributed by atoms with van der Waals surface area (Å²) >= 11 is 0. The number of hydrogen-bond acceptors (Lipinski definition) is 5. The number of morpholine rings is 1. The smallest absolute Gasteiger partial charge is 0.253 e. The van der Waals surface area contributed by atoms with E-state index < -0.39 is 16.1 Å². The van der Waals surface area contributed by atoms with E-state index in [4.69, 9.17) is 9.47 Å². The van der Waals surface area contributed by atoms with E-state index in [0.29, 0.717) is 50.1 Å². The van der Waals surface area contributed by atoms with Gasteiger partial charge in [0.1, 0.15) is 6.10 Å². The van der Waals surface area contributed by atoms with Crippen LogP contribution in [0.2, 0.25) is 0 Å². The van der Waals surface area contributed by atoms with Crippen LogP contribution < -0.4 is 5.32 Å². The van der Waals surface area contributed by atoms with E-state index >= 15 is 0 Å². The zero-order valence-electron chi connectivity index (χ0n) is 15.2. The van der Waals surface area contributed by atoms with Crippen molar-refractivity contribution in [3.05, 3.63) is 23.8 Å². The van der Waals surface area contributed by atoms with Crippen LogP contribution in [0.25, 0.3) is 0 Å². The summed E-state index contributed by atoms with van der Waals surface area (Å²) in [5.41, 5.74) is 1.10. The highest BCUT2D eigenvalue weighted by molar-refractivity contribution is 7.89. The van der Waals surface area contributed by atoms with Gasteiger partial charge in [0.05, 0.1) is 24.7 Å². The molecule has 1 N–H and O–H groups in total. The second-order valence-electron chi connectivity index (χ2n) is 6.90. The average molecular weight is 382 g/mol. The Bertz CT molecular complexity index is 755. The predicted molar refractivity (Wildman–Crippen MR) is 97.5 cm³/mol. The molecule has 8 heteroatoms. The molecule has 1 atom stereocenters. The molecule has 0 aromatic heterocycles. The van der Waals surface area contributed by atoms with Crippen LogP contribution in [0.15, 0.2) is 23.1 Å². The minimum Gasteiger partial charge on any atom is -0.379 e. The fourth-order valence-corrected chi connectivity index (χ4v) is 4.43. The summed E-state index contributed by atoms with van der Waals surface area (Å²) in [6.07, 6.45) is 1.75. The van der Waals surface area contributed by atoms with Crippen molar-refractivity contribution >= 4 is 21.6 Å². The summed E-state index contributed by atoms with van der Waals surface area (Å²) in [7, 11) is -3.61.